The molecule has 0 spiro atoms. The van der Waals surface area contributed by atoms with Crippen LogP contribution in [0.5, 0.6) is 0 Å². The van der Waals surface area contributed by atoms with Gasteiger partial charge in [-0.25, -0.2) is 4.68 Å². The first-order valence-corrected chi connectivity index (χ1v) is 6.02. The van der Waals surface area contributed by atoms with Crippen LogP contribution in [0, 0.1) is 0 Å². The van der Waals surface area contributed by atoms with Gasteiger partial charge in [-0.3, -0.25) is 4.90 Å². The van der Waals surface area contributed by atoms with E-state index in [0.29, 0.717) is 6.04 Å². The van der Waals surface area contributed by atoms with Gasteiger partial charge in [-0.05, 0) is 25.0 Å². The third-order valence-corrected chi connectivity index (χ3v) is 3.33. The number of furan rings is 1. The molecule has 0 aromatic carbocycles. The Morgan fingerprint density at radius 3 is 2.88 bits per heavy atom. The fourth-order valence-corrected chi connectivity index (χ4v) is 2.38. The number of piperidine rings is 1. The maximum absolute atomic E-state index is 5.37. The SMILES string of the molecule is c1coc(CN2CCC(n3ccnn3)CC2)c1. The number of aromatic nitrogens is 3. The molecule has 1 saturated heterocycles. The van der Waals surface area contributed by atoms with Crippen molar-refractivity contribution < 1.29 is 4.42 Å². The van der Waals surface area contributed by atoms with Crippen LogP contribution in [0.25, 0.3) is 0 Å². The van der Waals surface area contributed by atoms with Crippen LogP contribution in [0.3, 0.4) is 0 Å². The van der Waals surface area contributed by atoms with Crippen molar-refractivity contribution in [3.05, 3.63) is 36.5 Å². The summed E-state index contributed by atoms with van der Waals surface area (Å²) < 4.78 is 7.34. The standard InChI is InChI=1S/C12H16N4O/c1-2-12(17-9-1)10-15-6-3-11(4-7-15)16-8-5-13-14-16/h1-2,5,8-9,11H,3-4,6-7,10H2. The Morgan fingerprint density at radius 2 is 2.24 bits per heavy atom. The molecule has 3 rings (SSSR count). The molecule has 0 amide bonds. The lowest BCUT2D eigenvalue weighted by Gasteiger charge is -2.31. The van der Waals surface area contributed by atoms with Gasteiger partial charge in [0.15, 0.2) is 0 Å². The summed E-state index contributed by atoms with van der Waals surface area (Å²) in [6.07, 6.45) is 7.69. The highest BCUT2D eigenvalue weighted by molar-refractivity contribution is 4.98. The van der Waals surface area contributed by atoms with E-state index in [-0.39, 0.29) is 0 Å². The molecule has 0 N–H and O–H groups in total. The van der Waals surface area contributed by atoms with Crippen molar-refractivity contribution in [1.29, 1.82) is 0 Å². The molecule has 0 aliphatic carbocycles. The lowest BCUT2D eigenvalue weighted by atomic mass is 10.1. The molecule has 90 valence electrons. The van der Waals surface area contributed by atoms with Crippen LogP contribution in [-0.4, -0.2) is 33.0 Å². The number of rotatable bonds is 3. The molecule has 1 aliphatic heterocycles. The number of hydrogen-bond acceptors (Lipinski definition) is 4. The van der Waals surface area contributed by atoms with Crippen molar-refractivity contribution in [2.45, 2.75) is 25.4 Å². The minimum Gasteiger partial charge on any atom is -0.468 e. The van der Waals surface area contributed by atoms with Crippen LogP contribution < -0.4 is 0 Å². The first-order valence-electron chi connectivity index (χ1n) is 6.02. The van der Waals surface area contributed by atoms with Gasteiger partial charge in [0.2, 0.25) is 0 Å². The zero-order chi connectivity index (χ0) is 11.5. The normalized spacial score (nSPS) is 18.6. The van der Waals surface area contributed by atoms with Gasteiger partial charge in [0.05, 0.1) is 25.0 Å². The molecule has 0 atom stereocenters. The smallest absolute Gasteiger partial charge is 0.117 e. The Labute approximate surface area is 100 Å². The Bertz CT molecular complexity index is 429. The monoisotopic (exact) mass is 232 g/mol. The molecule has 0 radical (unpaired) electrons. The van der Waals surface area contributed by atoms with E-state index in [1.807, 2.05) is 23.0 Å². The summed E-state index contributed by atoms with van der Waals surface area (Å²) in [6.45, 7) is 3.09. The third kappa shape index (κ3) is 2.39. The molecule has 2 aromatic rings. The first kappa shape index (κ1) is 10.5. The van der Waals surface area contributed by atoms with Gasteiger partial charge < -0.3 is 4.42 Å². The Hall–Kier alpha value is -1.62. The summed E-state index contributed by atoms with van der Waals surface area (Å²) in [7, 11) is 0. The maximum Gasteiger partial charge on any atom is 0.117 e. The van der Waals surface area contributed by atoms with Crippen LogP contribution in [0.4, 0.5) is 0 Å². The molecule has 1 fully saturated rings. The minimum absolute atomic E-state index is 0.505. The molecule has 0 bridgehead atoms. The predicted octanol–water partition coefficient (Wildman–Crippen LogP) is 1.71. The van der Waals surface area contributed by atoms with Crippen LogP contribution in [0.15, 0.2) is 35.2 Å². The van der Waals surface area contributed by atoms with E-state index < -0.39 is 0 Å². The fraction of sp³-hybridized carbons (Fsp3) is 0.500. The lowest BCUT2D eigenvalue weighted by Crippen LogP contribution is -2.34. The quantitative estimate of drug-likeness (QED) is 0.808. The Morgan fingerprint density at radius 1 is 1.35 bits per heavy atom. The van der Waals surface area contributed by atoms with Gasteiger partial charge in [-0.1, -0.05) is 5.21 Å². The molecular weight excluding hydrogens is 216 g/mol. The van der Waals surface area contributed by atoms with E-state index in [1.165, 1.54) is 0 Å². The van der Waals surface area contributed by atoms with Crippen molar-refractivity contribution in [2.24, 2.45) is 0 Å². The van der Waals surface area contributed by atoms with Gasteiger partial charge in [-0.2, -0.15) is 0 Å². The van der Waals surface area contributed by atoms with Crippen molar-refractivity contribution in [3.8, 4) is 0 Å². The van der Waals surface area contributed by atoms with E-state index in [0.717, 1.165) is 38.2 Å². The van der Waals surface area contributed by atoms with Crippen molar-refractivity contribution in [1.82, 2.24) is 19.9 Å². The molecular formula is C12H16N4O. The molecule has 3 heterocycles. The first-order chi connectivity index (χ1) is 8.42. The largest absolute Gasteiger partial charge is 0.468 e. The molecule has 5 heteroatoms. The second-order valence-electron chi connectivity index (χ2n) is 4.47. The second-order valence-corrected chi connectivity index (χ2v) is 4.47. The molecule has 5 nitrogen and oxygen atoms in total. The maximum atomic E-state index is 5.37. The fourth-order valence-electron chi connectivity index (χ4n) is 2.38. The van der Waals surface area contributed by atoms with E-state index in [2.05, 4.69) is 15.2 Å². The molecule has 2 aromatic heterocycles. The Balaban J connectivity index is 1.54. The van der Waals surface area contributed by atoms with E-state index in [4.69, 9.17) is 4.42 Å². The van der Waals surface area contributed by atoms with Crippen LogP contribution in [-0.2, 0) is 6.54 Å². The number of hydrogen-bond donors (Lipinski definition) is 0. The van der Waals surface area contributed by atoms with Gasteiger partial charge in [0.25, 0.3) is 0 Å². The van der Waals surface area contributed by atoms with Gasteiger partial charge in [-0.15, -0.1) is 5.10 Å². The summed E-state index contributed by atoms with van der Waals surface area (Å²) in [5, 5.41) is 7.93. The van der Waals surface area contributed by atoms with Gasteiger partial charge >= 0.3 is 0 Å². The van der Waals surface area contributed by atoms with E-state index in [9.17, 15) is 0 Å². The number of nitrogens with zero attached hydrogens (tertiary/aromatic N) is 4. The highest BCUT2D eigenvalue weighted by atomic mass is 16.3. The average molecular weight is 232 g/mol. The lowest BCUT2D eigenvalue weighted by molar-refractivity contribution is 0.162. The van der Waals surface area contributed by atoms with Crippen LogP contribution >= 0.6 is 0 Å². The summed E-state index contributed by atoms with van der Waals surface area (Å²) in [6, 6.07) is 4.48. The zero-order valence-electron chi connectivity index (χ0n) is 9.70. The predicted molar refractivity (Wildman–Crippen MR) is 62.3 cm³/mol. The summed E-state index contributed by atoms with van der Waals surface area (Å²) >= 11 is 0. The highest BCUT2D eigenvalue weighted by Crippen LogP contribution is 2.22. The number of likely N-dealkylation sites (tertiary alicyclic amines) is 1. The van der Waals surface area contributed by atoms with E-state index in [1.54, 1.807) is 12.5 Å². The van der Waals surface area contributed by atoms with Crippen molar-refractivity contribution >= 4 is 0 Å². The van der Waals surface area contributed by atoms with Crippen molar-refractivity contribution in [3.63, 3.8) is 0 Å². The van der Waals surface area contributed by atoms with Crippen LogP contribution in [0.1, 0.15) is 24.6 Å². The average Bonchev–Trinajstić information content (AvgIpc) is 3.01. The minimum atomic E-state index is 0.505. The van der Waals surface area contributed by atoms with Gasteiger partial charge in [0, 0.05) is 19.3 Å². The summed E-state index contributed by atoms with van der Waals surface area (Å²) in [5.41, 5.74) is 0. The second kappa shape index (κ2) is 4.71. The third-order valence-electron chi connectivity index (χ3n) is 3.33. The van der Waals surface area contributed by atoms with Crippen LogP contribution in [0.2, 0.25) is 0 Å². The molecule has 0 unspecified atom stereocenters. The van der Waals surface area contributed by atoms with Crippen molar-refractivity contribution in [2.75, 3.05) is 13.1 Å². The zero-order valence-corrected chi connectivity index (χ0v) is 9.70. The highest BCUT2D eigenvalue weighted by Gasteiger charge is 2.21. The summed E-state index contributed by atoms with van der Waals surface area (Å²) in [4.78, 5) is 2.42. The molecule has 0 saturated carbocycles. The topological polar surface area (TPSA) is 47.1 Å². The Kier molecular flexibility index (Phi) is 2.92. The molecule has 1 aliphatic rings. The molecule has 17 heavy (non-hydrogen) atoms. The van der Waals surface area contributed by atoms with E-state index >= 15 is 0 Å². The summed E-state index contributed by atoms with van der Waals surface area (Å²) in [5.74, 6) is 1.05. The van der Waals surface area contributed by atoms with Gasteiger partial charge in [0.1, 0.15) is 5.76 Å².